The van der Waals surface area contributed by atoms with Gasteiger partial charge in [0, 0.05) is 44.4 Å². The summed E-state index contributed by atoms with van der Waals surface area (Å²) in [6, 6.07) is 8.63. The first-order valence-corrected chi connectivity index (χ1v) is 9.88. The highest BCUT2D eigenvalue weighted by Crippen LogP contribution is 2.40. The van der Waals surface area contributed by atoms with Crippen LogP contribution in [0.3, 0.4) is 0 Å². The first kappa shape index (κ1) is 20.7. The highest BCUT2D eigenvalue weighted by Gasteiger charge is 2.34. The number of carboxylic acids is 2. The molecule has 31 heavy (non-hydrogen) atoms. The molecule has 3 saturated heterocycles. The fourth-order valence-electron chi connectivity index (χ4n) is 3.72. The molecule has 11 heteroatoms. The van der Waals surface area contributed by atoms with Crippen molar-refractivity contribution >= 4 is 18.0 Å². The second-order valence-corrected chi connectivity index (χ2v) is 7.21. The third kappa shape index (κ3) is 4.94. The molecule has 1 aromatic heterocycles. The monoisotopic (exact) mass is 430 g/mol. The number of anilines is 1. The Hall–Kier alpha value is -3.60. The van der Waals surface area contributed by atoms with Gasteiger partial charge >= 0.3 is 24.2 Å². The number of hydrogen-bond donors (Lipinski definition) is 2. The molecule has 2 aromatic rings. The number of fused-ring (bicyclic) bond motifs is 5. The van der Waals surface area contributed by atoms with Crippen LogP contribution < -0.4 is 14.4 Å². The average molecular weight is 430 g/mol. The molecule has 0 aliphatic carbocycles. The Morgan fingerprint density at radius 2 is 1.55 bits per heavy atom. The van der Waals surface area contributed by atoms with Gasteiger partial charge in [0.05, 0.1) is 0 Å². The van der Waals surface area contributed by atoms with Gasteiger partial charge in [0.1, 0.15) is 0 Å². The Bertz CT molecular complexity index is 927. The van der Waals surface area contributed by atoms with Crippen molar-refractivity contribution in [1.82, 2.24) is 15.1 Å². The quantitative estimate of drug-likeness (QED) is 0.683. The number of rotatable bonds is 4. The van der Waals surface area contributed by atoms with E-state index in [9.17, 15) is 9.59 Å². The van der Waals surface area contributed by atoms with Gasteiger partial charge in [0.15, 0.2) is 11.5 Å². The number of carboxylic acid groups (broad SMARTS) is 2. The lowest BCUT2D eigenvalue weighted by atomic mass is 10.1. The third-order valence-corrected chi connectivity index (χ3v) is 5.22. The molecule has 5 heterocycles. The number of hydrogen-bond acceptors (Lipinski definition) is 9. The van der Waals surface area contributed by atoms with Crippen molar-refractivity contribution in [2.75, 3.05) is 31.1 Å². The molecule has 0 atom stereocenters. The number of para-hydroxylation sites is 2. The molecule has 0 saturated carbocycles. The second-order valence-electron chi connectivity index (χ2n) is 7.21. The van der Waals surface area contributed by atoms with Crippen molar-refractivity contribution in [2.24, 2.45) is 0 Å². The second kappa shape index (κ2) is 9.04. The van der Waals surface area contributed by atoms with Crippen molar-refractivity contribution in [3.63, 3.8) is 0 Å². The van der Waals surface area contributed by atoms with Crippen molar-refractivity contribution in [2.45, 2.75) is 25.2 Å². The maximum absolute atomic E-state index is 9.55. The first-order valence-electron chi connectivity index (χ1n) is 9.88. The van der Waals surface area contributed by atoms with Gasteiger partial charge in [-0.05, 0) is 25.0 Å². The van der Waals surface area contributed by atoms with Gasteiger partial charge in [0.25, 0.3) is 5.89 Å². The van der Waals surface area contributed by atoms with Gasteiger partial charge in [-0.3, -0.25) is 0 Å². The van der Waals surface area contributed by atoms with E-state index in [-0.39, 0.29) is 0 Å². The van der Waals surface area contributed by atoms with Gasteiger partial charge in [-0.25, -0.2) is 9.59 Å². The molecule has 3 fully saturated rings. The topological polar surface area (TPSA) is 138 Å². The molecular formula is C20H22N4O7. The number of piperidine rings is 1. The van der Waals surface area contributed by atoms with E-state index in [2.05, 4.69) is 20.0 Å². The van der Waals surface area contributed by atoms with E-state index >= 15 is 0 Å². The minimum atomic E-state index is -1.26. The lowest BCUT2D eigenvalue weighted by Gasteiger charge is -2.29. The molecule has 0 unspecified atom stereocenters. The number of benzene rings is 1. The average Bonchev–Trinajstić information content (AvgIpc) is 3.31. The van der Waals surface area contributed by atoms with Crippen molar-refractivity contribution in [3.8, 4) is 11.5 Å². The number of carbonyl (C=O) groups is 2. The molecule has 1 aromatic carbocycles. The summed E-state index contributed by atoms with van der Waals surface area (Å²) in [7, 11) is 0. The highest BCUT2D eigenvalue weighted by atomic mass is 16.7. The van der Waals surface area contributed by atoms with Crippen LogP contribution in [0.15, 0.2) is 40.8 Å². The summed E-state index contributed by atoms with van der Waals surface area (Å²) in [6.45, 7) is 4.30. The molecule has 11 nitrogen and oxygen atoms in total. The van der Waals surface area contributed by atoms with E-state index in [0.29, 0.717) is 41.6 Å². The first-order chi connectivity index (χ1) is 15.0. The van der Waals surface area contributed by atoms with Crippen LogP contribution in [0, 0.1) is 0 Å². The lowest BCUT2D eigenvalue weighted by molar-refractivity contribution is -0.134. The summed E-state index contributed by atoms with van der Waals surface area (Å²) in [5.74, 6) is -0.730. The molecule has 164 valence electrons. The summed E-state index contributed by atoms with van der Waals surface area (Å²) < 4.78 is 17.3. The lowest BCUT2D eigenvalue weighted by Crippen LogP contribution is -2.38. The summed E-state index contributed by atoms with van der Waals surface area (Å²) in [5.41, 5.74) is 0. The van der Waals surface area contributed by atoms with E-state index in [1.807, 2.05) is 24.3 Å². The van der Waals surface area contributed by atoms with Crippen LogP contribution in [-0.4, -0.2) is 69.5 Å². The number of aliphatic carboxylic acids is 2. The zero-order valence-electron chi connectivity index (χ0n) is 16.6. The molecule has 2 N–H and O–H groups in total. The van der Waals surface area contributed by atoms with Gasteiger partial charge in [-0.2, -0.15) is 0 Å². The van der Waals surface area contributed by atoms with Crippen molar-refractivity contribution in [3.05, 3.63) is 42.3 Å². The summed E-state index contributed by atoms with van der Waals surface area (Å²) in [6.07, 6.45) is 2.77. The zero-order chi connectivity index (χ0) is 21.8. The van der Waals surface area contributed by atoms with E-state index in [4.69, 9.17) is 24.1 Å². The normalized spacial score (nSPS) is 22.1. The van der Waals surface area contributed by atoms with Crippen LogP contribution in [0.4, 0.5) is 6.01 Å². The maximum Gasteiger partial charge on any atom is 0.328 e. The largest absolute Gasteiger partial charge is 0.478 e. The van der Waals surface area contributed by atoms with Crippen LogP contribution in [0.25, 0.3) is 0 Å². The summed E-state index contributed by atoms with van der Waals surface area (Å²) in [5, 5.41) is 24.0. The van der Waals surface area contributed by atoms with Gasteiger partial charge in [0.2, 0.25) is 0 Å². The van der Waals surface area contributed by atoms with Crippen molar-refractivity contribution < 1.29 is 33.7 Å². The fraction of sp³-hybridized carbons (Fsp3) is 0.400. The smallest absolute Gasteiger partial charge is 0.328 e. The van der Waals surface area contributed by atoms with Crippen LogP contribution >= 0.6 is 0 Å². The summed E-state index contributed by atoms with van der Waals surface area (Å²) in [4.78, 5) is 23.8. The van der Waals surface area contributed by atoms with Gasteiger partial charge < -0.3 is 33.9 Å². The van der Waals surface area contributed by atoms with Gasteiger partial charge in [-0.15, -0.1) is 5.10 Å². The SMILES string of the molecule is O=C(O)/C=C/C(=O)O.c1ccc2c(c1)OC(c1nnc(N3CCN4CCC3CC4)o1)O2. The van der Waals surface area contributed by atoms with Gasteiger partial charge in [-0.1, -0.05) is 17.2 Å². The Morgan fingerprint density at radius 3 is 2.13 bits per heavy atom. The number of ether oxygens (including phenoxy) is 2. The Morgan fingerprint density at radius 1 is 0.935 bits per heavy atom. The standard InChI is InChI=1S/C16H18N4O3.C4H4O4/c1-2-4-13-12(3-1)21-15(22-13)14-17-18-16(23-14)20-10-9-19-7-5-11(20)6-8-19;5-3(6)1-2-4(7)8/h1-4,11,15H,5-10H2;1-2H,(H,5,6)(H,7,8)/b;2-1+. The summed E-state index contributed by atoms with van der Waals surface area (Å²) >= 11 is 0. The van der Waals surface area contributed by atoms with Crippen LogP contribution in [0.2, 0.25) is 0 Å². The molecule has 4 aliphatic heterocycles. The van der Waals surface area contributed by atoms with Crippen LogP contribution in [-0.2, 0) is 9.59 Å². The molecule has 0 amide bonds. The molecule has 6 rings (SSSR count). The van der Waals surface area contributed by atoms with Crippen LogP contribution in [0.1, 0.15) is 25.0 Å². The van der Waals surface area contributed by atoms with E-state index in [1.165, 1.54) is 0 Å². The maximum atomic E-state index is 9.55. The minimum absolute atomic E-state index is 0.371. The minimum Gasteiger partial charge on any atom is -0.478 e. The third-order valence-electron chi connectivity index (χ3n) is 5.22. The number of aromatic nitrogens is 2. The fourth-order valence-corrected chi connectivity index (χ4v) is 3.72. The van der Waals surface area contributed by atoms with E-state index in [1.54, 1.807) is 0 Å². The molecular weight excluding hydrogens is 408 g/mol. The predicted molar refractivity (Wildman–Crippen MR) is 106 cm³/mol. The van der Waals surface area contributed by atoms with Crippen molar-refractivity contribution in [1.29, 1.82) is 0 Å². The van der Waals surface area contributed by atoms with E-state index in [0.717, 1.165) is 39.0 Å². The Labute approximate surface area is 177 Å². The molecule has 0 radical (unpaired) electrons. The predicted octanol–water partition coefficient (Wildman–Crippen LogP) is 1.54. The zero-order valence-corrected chi connectivity index (χ0v) is 16.6. The van der Waals surface area contributed by atoms with E-state index < -0.39 is 18.2 Å². The highest BCUT2D eigenvalue weighted by molar-refractivity contribution is 5.89. The van der Waals surface area contributed by atoms with Crippen LogP contribution in [0.5, 0.6) is 11.5 Å². The number of nitrogens with zero attached hydrogens (tertiary/aromatic N) is 4. The molecule has 4 aliphatic rings. The molecule has 0 spiro atoms. The Balaban J connectivity index is 0.000000250. The molecule has 2 bridgehead atoms. The Kier molecular flexibility index (Phi) is 6.03.